The van der Waals surface area contributed by atoms with Gasteiger partial charge in [-0.1, -0.05) is 26.8 Å². The Kier molecular flexibility index (Phi) is 7.41. The molecule has 3 aromatic rings. The van der Waals surface area contributed by atoms with Crippen molar-refractivity contribution in [3.8, 4) is 5.75 Å². The smallest absolute Gasteiger partial charge is 0.246 e. The van der Waals surface area contributed by atoms with Crippen LogP contribution in [0.1, 0.15) is 50.5 Å². The summed E-state index contributed by atoms with van der Waals surface area (Å²) in [6.45, 7) is 7.38. The molecule has 1 aliphatic heterocycles. The fraction of sp³-hybridized carbons (Fsp3) is 0.455. The number of phenolic OH excluding ortho intramolecular Hbond substituents is 1. The first-order valence-electron chi connectivity index (χ1n) is 11.2. The van der Waals surface area contributed by atoms with E-state index in [0.717, 1.165) is 29.5 Å². The van der Waals surface area contributed by atoms with Crippen molar-refractivity contribution in [3.63, 3.8) is 0 Å². The van der Waals surface area contributed by atoms with Crippen molar-refractivity contribution in [2.45, 2.75) is 44.0 Å². The third-order valence-corrected chi connectivity index (χ3v) is 8.16. The molecule has 184 valence electrons. The number of rotatable bonds is 9. The number of aromatic nitrogens is 2. The summed E-state index contributed by atoms with van der Waals surface area (Å²) in [6, 6.07) is 6.46. The monoisotopic (exact) mass is 507 g/mol. The van der Waals surface area contributed by atoms with Crippen LogP contribution < -0.4 is 10.6 Å². The molecular formula is C22H29N5O5S2. The number of phenols is 1. The highest BCUT2D eigenvalue weighted by molar-refractivity contribution is 7.89. The largest absolute Gasteiger partial charge is 0.504 e. The Bertz CT molecular complexity index is 1220. The quantitative estimate of drug-likeness (QED) is 0.363. The first-order chi connectivity index (χ1) is 16.3. The van der Waals surface area contributed by atoms with Gasteiger partial charge in [-0.15, -0.1) is 0 Å². The van der Waals surface area contributed by atoms with Crippen molar-refractivity contribution in [2.75, 3.05) is 36.9 Å². The lowest BCUT2D eigenvalue weighted by molar-refractivity contribution is 0.0729. The lowest BCUT2D eigenvalue weighted by Gasteiger charge is -2.26. The van der Waals surface area contributed by atoms with E-state index in [1.54, 1.807) is 18.4 Å². The standard InChI is InChI=1S/C22H29N5O5S2/c1-4-16(18-12-15(13-32-18)14(2)3)23-21-22(26-33-25-21)24-17-6-5-7-19(20(17)28)34(29,30)27-8-10-31-11-9-27/h5-7,12-14,16,28H,4,8-11H2,1-3H3,(H,23,25)(H,24,26)/t16-/m1/s1. The number of nitrogens with zero attached hydrogens (tertiary/aromatic N) is 3. The second kappa shape index (κ2) is 10.3. The van der Waals surface area contributed by atoms with E-state index in [1.165, 1.54) is 10.4 Å². The molecule has 3 heterocycles. The third kappa shape index (κ3) is 5.04. The topological polar surface area (TPSA) is 130 Å². The zero-order valence-corrected chi connectivity index (χ0v) is 20.9. The fourth-order valence-corrected chi connectivity index (χ4v) is 5.63. The molecular weight excluding hydrogens is 478 g/mol. The molecule has 0 saturated carbocycles. The maximum atomic E-state index is 13.1. The van der Waals surface area contributed by atoms with Crippen molar-refractivity contribution in [1.29, 1.82) is 0 Å². The average Bonchev–Trinajstić information content (AvgIpc) is 3.49. The van der Waals surface area contributed by atoms with E-state index in [9.17, 15) is 13.5 Å². The molecule has 2 aromatic heterocycles. The summed E-state index contributed by atoms with van der Waals surface area (Å²) < 4.78 is 47.1. The van der Waals surface area contributed by atoms with Crippen molar-refractivity contribution < 1.29 is 22.7 Å². The molecule has 1 atom stereocenters. The van der Waals surface area contributed by atoms with Crippen LogP contribution in [0.15, 0.2) is 39.8 Å². The lowest BCUT2D eigenvalue weighted by atomic mass is 10.1. The number of hydrogen-bond acceptors (Lipinski definition) is 10. The number of benzene rings is 1. The van der Waals surface area contributed by atoms with Gasteiger partial charge in [0, 0.05) is 13.1 Å². The summed E-state index contributed by atoms with van der Waals surface area (Å²) in [5.41, 5.74) is 1.34. The van der Waals surface area contributed by atoms with Crippen LogP contribution in [0.3, 0.4) is 0 Å². The number of anilines is 3. The minimum absolute atomic E-state index is 0.126. The Labute approximate surface area is 203 Å². The van der Waals surface area contributed by atoms with Crippen LogP contribution in [0.25, 0.3) is 0 Å². The van der Waals surface area contributed by atoms with E-state index in [0.29, 0.717) is 30.8 Å². The first-order valence-corrected chi connectivity index (χ1v) is 13.3. The molecule has 1 aliphatic rings. The Morgan fingerprint density at radius 2 is 1.94 bits per heavy atom. The van der Waals surface area contributed by atoms with Gasteiger partial charge in [-0.25, -0.2) is 8.42 Å². The number of morpholine rings is 1. The molecule has 3 N–H and O–H groups in total. The van der Waals surface area contributed by atoms with Gasteiger partial charge in [-0.05, 0) is 36.1 Å². The molecule has 0 radical (unpaired) electrons. The zero-order valence-electron chi connectivity index (χ0n) is 19.3. The normalized spacial score (nSPS) is 16.0. The maximum Gasteiger partial charge on any atom is 0.246 e. The number of sulfonamides is 1. The predicted octanol–water partition coefficient (Wildman–Crippen LogP) is 4.29. The Morgan fingerprint density at radius 1 is 1.21 bits per heavy atom. The van der Waals surface area contributed by atoms with Gasteiger partial charge < -0.3 is 24.9 Å². The molecule has 4 rings (SSSR count). The number of para-hydroxylation sites is 1. The van der Waals surface area contributed by atoms with E-state index in [-0.39, 0.29) is 35.5 Å². The number of ether oxygens (including phenoxy) is 1. The minimum atomic E-state index is -3.87. The molecule has 1 aromatic carbocycles. The number of furan rings is 1. The van der Waals surface area contributed by atoms with E-state index in [2.05, 4.69) is 33.2 Å². The summed E-state index contributed by atoms with van der Waals surface area (Å²) in [5, 5.41) is 17.2. The molecule has 0 spiro atoms. The fourth-order valence-electron chi connectivity index (χ4n) is 3.64. The maximum absolute atomic E-state index is 13.1. The van der Waals surface area contributed by atoms with Crippen molar-refractivity contribution >= 4 is 39.1 Å². The van der Waals surface area contributed by atoms with Crippen LogP contribution >= 0.6 is 11.7 Å². The van der Waals surface area contributed by atoms with Crippen LogP contribution in [0, 0.1) is 0 Å². The van der Waals surface area contributed by atoms with Gasteiger partial charge >= 0.3 is 0 Å². The first kappa shape index (κ1) is 24.5. The summed E-state index contributed by atoms with van der Waals surface area (Å²) in [4.78, 5) is -0.166. The molecule has 0 aliphatic carbocycles. The number of hydrogen-bond donors (Lipinski definition) is 3. The molecule has 0 bridgehead atoms. The highest BCUT2D eigenvalue weighted by Crippen LogP contribution is 2.37. The molecule has 1 fully saturated rings. The minimum Gasteiger partial charge on any atom is -0.504 e. The summed E-state index contributed by atoms with van der Waals surface area (Å²) in [5.74, 6) is 1.66. The predicted molar refractivity (Wildman–Crippen MR) is 130 cm³/mol. The molecule has 1 saturated heterocycles. The molecule has 0 unspecified atom stereocenters. The average molecular weight is 508 g/mol. The van der Waals surface area contributed by atoms with Crippen LogP contribution in [-0.2, 0) is 14.8 Å². The van der Waals surface area contributed by atoms with Gasteiger partial charge in [0.1, 0.15) is 10.7 Å². The van der Waals surface area contributed by atoms with E-state index >= 15 is 0 Å². The Balaban J connectivity index is 1.55. The summed E-state index contributed by atoms with van der Waals surface area (Å²) >= 11 is 1.00. The molecule has 0 amide bonds. The van der Waals surface area contributed by atoms with E-state index in [1.807, 2.05) is 13.0 Å². The zero-order chi connectivity index (χ0) is 24.3. The highest BCUT2D eigenvalue weighted by atomic mass is 32.2. The van der Waals surface area contributed by atoms with Crippen molar-refractivity contribution in [2.24, 2.45) is 0 Å². The van der Waals surface area contributed by atoms with Gasteiger partial charge in [0.25, 0.3) is 0 Å². The molecule has 10 nitrogen and oxygen atoms in total. The lowest BCUT2D eigenvalue weighted by Crippen LogP contribution is -2.40. The van der Waals surface area contributed by atoms with Crippen LogP contribution in [0.4, 0.5) is 17.3 Å². The summed E-state index contributed by atoms with van der Waals surface area (Å²) in [7, 11) is -3.87. The van der Waals surface area contributed by atoms with Crippen molar-refractivity contribution in [3.05, 3.63) is 41.9 Å². The van der Waals surface area contributed by atoms with Crippen molar-refractivity contribution in [1.82, 2.24) is 13.1 Å². The second-order valence-corrected chi connectivity index (χ2v) is 10.7. The van der Waals surface area contributed by atoms with Crippen LogP contribution in [-0.4, -0.2) is 52.9 Å². The van der Waals surface area contributed by atoms with E-state index in [4.69, 9.17) is 9.15 Å². The van der Waals surface area contributed by atoms with Gasteiger partial charge in [-0.2, -0.15) is 13.1 Å². The van der Waals surface area contributed by atoms with E-state index < -0.39 is 10.0 Å². The SMILES string of the molecule is CC[C@@H](Nc1nsnc1Nc1cccc(S(=O)(=O)N2CCOCC2)c1O)c1cc(C(C)C)co1. The Morgan fingerprint density at radius 3 is 2.62 bits per heavy atom. The van der Waals surface area contributed by atoms with Gasteiger partial charge in [0.2, 0.25) is 10.0 Å². The third-order valence-electron chi connectivity index (χ3n) is 5.70. The molecule has 12 heteroatoms. The number of nitrogens with one attached hydrogen (secondary N) is 2. The summed E-state index contributed by atoms with van der Waals surface area (Å²) in [6.07, 6.45) is 2.52. The molecule has 34 heavy (non-hydrogen) atoms. The number of aromatic hydroxyl groups is 1. The highest BCUT2D eigenvalue weighted by Gasteiger charge is 2.30. The van der Waals surface area contributed by atoms with Gasteiger partial charge in [0.05, 0.1) is 42.9 Å². The van der Waals surface area contributed by atoms with Gasteiger partial charge in [0.15, 0.2) is 17.4 Å². The van der Waals surface area contributed by atoms with Gasteiger partial charge in [-0.3, -0.25) is 0 Å². The van der Waals surface area contributed by atoms with Crippen LogP contribution in [0.5, 0.6) is 5.75 Å². The second-order valence-electron chi connectivity index (χ2n) is 8.30. The Hall–Kier alpha value is -2.67. The van der Waals surface area contributed by atoms with Crippen LogP contribution in [0.2, 0.25) is 0 Å².